The van der Waals surface area contributed by atoms with Crippen molar-refractivity contribution in [3.05, 3.63) is 23.8 Å². The normalized spacial score (nSPS) is 21.8. The topological polar surface area (TPSA) is 54.0 Å². The summed E-state index contributed by atoms with van der Waals surface area (Å²) < 4.78 is 11.2. The summed E-state index contributed by atoms with van der Waals surface area (Å²) in [5, 5.41) is 12.6. The summed E-state index contributed by atoms with van der Waals surface area (Å²) in [6.07, 6.45) is 2.51. The van der Waals surface area contributed by atoms with Crippen LogP contribution < -0.4 is 14.8 Å². The lowest BCUT2D eigenvalue weighted by atomic mass is 9.98. The number of hydrogen-bond acceptors (Lipinski definition) is 5. The molecule has 1 aromatic rings. The van der Waals surface area contributed by atoms with Gasteiger partial charge in [-0.3, -0.25) is 0 Å². The molecule has 0 aliphatic carbocycles. The maximum Gasteiger partial charge on any atom is 0.161 e. The number of β-amino-alcohol motifs (C(OH)–C–C–N with tert-alkyl or cyclic N) is 1. The van der Waals surface area contributed by atoms with Crippen LogP contribution in [-0.2, 0) is 6.54 Å². The van der Waals surface area contributed by atoms with E-state index >= 15 is 0 Å². The number of fused-ring (bicyclic) bond motifs is 1. The molecule has 22 heavy (non-hydrogen) atoms. The first kappa shape index (κ1) is 15.6. The van der Waals surface area contributed by atoms with Crippen LogP contribution in [-0.4, -0.2) is 56.0 Å². The zero-order chi connectivity index (χ0) is 15.2. The fourth-order valence-corrected chi connectivity index (χ4v) is 3.28. The smallest absolute Gasteiger partial charge is 0.161 e. The molecule has 3 rings (SSSR count). The van der Waals surface area contributed by atoms with Crippen molar-refractivity contribution >= 4 is 0 Å². The first-order valence-corrected chi connectivity index (χ1v) is 8.27. The van der Waals surface area contributed by atoms with Gasteiger partial charge in [0.15, 0.2) is 11.5 Å². The minimum absolute atomic E-state index is 0.261. The summed E-state index contributed by atoms with van der Waals surface area (Å²) in [5.41, 5.74) is 1.23. The second kappa shape index (κ2) is 7.81. The van der Waals surface area contributed by atoms with Gasteiger partial charge in [-0.05, 0) is 49.5 Å². The van der Waals surface area contributed by atoms with Gasteiger partial charge in [0, 0.05) is 19.6 Å². The lowest BCUT2D eigenvalue weighted by Gasteiger charge is -2.32. The predicted molar refractivity (Wildman–Crippen MR) is 85.4 cm³/mol. The molecule has 1 unspecified atom stereocenters. The minimum Gasteiger partial charge on any atom is -0.486 e. The van der Waals surface area contributed by atoms with Crippen molar-refractivity contribution in [3.63, 3.8) is 0 Å². The fourth-order valence-electron chi connectivity index (χ4n) is 3.28. The second-order valence-electron chi connectivity index (χ2n) is 6.14. The van der Waals surface area contributed by atoms with Crippen molar-refractivity contribution in [3.8, 4) is 11.5 Å². The van der Waals surface area contributed by atoms with Gasteiger partial charge in [-0.25, -0.2) is 0 Å². The molecule has 5 heteroatoms. The second-order valence-corrected chi connectivity index (χ2v) is 6.14. The maximum atomic E-state index is 9.05. The standard InChI is InChI=1S/C17H26N2O3/c20-7-6-19-5-1-2-15(13-19)12-18-11-14-3-4-16-17(10-14)22-9-8-21-16/h3-4,10,15,18,20H,1-2,5-9,11-13H2. The molecular weight excluding hydrogens is 280 g/mol. The monoisotopic (exact) mass is 306 g/mol. The minimum atomic E-state index is 0.261. The number of nitrogens with zero attached hydrogens (tertiary/aromatic N) is 1. The first-order chi connectivity index (χ1) is 10.8. The van der Waals surface area contributed by atoms with Crippen molar-refractivity contribution in [1.82, 2.24) is 10.2 Å². The van der Waals surface area contributed by atoms with Crippen LogP contribution >= 0.6 is 0 Å². The van der Waals surface area contributed by atoms with E-state index in [2.05, 4.69) is 22.3 Å². The Morgan fingerprint density at radius 2 is 2.09 bits per heavy atom. The molecule has 2 aliphatic heterocycles. The van der Waals surface area contributed by atoms with Crippen LogP contribution in [0.3, 0.4) is 0 Å². The number of nitrogens with one attached hydrogen (secondary N) is 1. The molecule has 122 valence electrons. The van der Waals surface area contributed by atoms with Crippen molar-refractivity contribution in [2.45, 2.75) is 19.4 Å². The maximum absolute atomic E-state index is 9.05. The van der Waals surface area contributed by atoms with Gasteiger partial charge in [0.2, 0.25) is 0 Å². The molecule has 0 spiro atoms. The Bertz CT molecular complexity index is 479. The van der Waals surface area contributed by atoms with Crippen molar-refractivity contribution in [1.29, 1.82) is 0 Å². The highest BCUT2D eigenvalue weighted by Gasteiger charge is 2.19. The van der Waals surface area contributed by atoms with Gasteiger partial charge < -0.3 is 24.8 Å². The molecule has 0 radical (unpaired) electrons. The van der Waals surface area contributed by atoms with Gasteiger partial charge in [-0.15, -0.1) is 0 Å². The SMILES string of the molecule is OCCN1CCCC(CNCc2ccc3c(c2)OCCO3)C1. The number of likely N-dealkylation sites (tertiary alicyclic amines) is 1. The highest BCUT2D eigenvalue weighted by molar-refractivity contribution is 5.43. The van der Waals surface area contributed by atoms with Crippen LogP contribution in [0.15, 0.2) is 18.2 Å². The van der Waals surface area contributed by atoms with E-state index in [0.29, 0.717) is 19.1 Å². The number of rotatable bonds is 6. The van der Waals surface area contributed by atoms with Gasteiger partial charge in [-0.2, -0.15) is 0 Å². The van der Waals surface area contributed by atoms with Crippen LogP contribution in [0.25, 0.3) is 0 Å². The Balaban J connectivity index is 1.44. The molecule has 1 saturated heterocycles. The lowest BCUT2D eigenvalue weighted by Crippen LogP contribution is -2.40. The summed E-state index contributed by atoms with van der Waals surface area (Å²) in [4.78, 5) is 2.36. The largest absolute Gasteiger partial charge is 0.486 e. The molecule has 0 amide bonds. The van der Waals surface area contributed by atoms with Gasteiger partial charge in [-0.1, -0.05) is 6.07 Å². The third-order valence-electron chi connectivity index (χ3n) is 4.39. The quantitative estimate of drug-likeness (QED) is 0.828. The zero-order valence-corrected chi connectivity index (χ0v) is 13.1. The molecular formula is C17H26N2O3. The molecule has 5 nitrogen and oxygen atoms in total. The molecule has 2 heterocycles. The Morgan fingerprint density at radius 1 is 1.23 bits per heavy atom. The summed E-state index contributed by atoms with van der Waals surface area (Å²) in [6.45, 7) is 6.43. The molecule has 2 aliphatic rings. The Morgan fingerprint density at radius 3 is 2.95 bits per heavy atom. The van der Waals surface area contributed by atoms with E-state index in [1.165, 1.54) is 18.4 Å². The summed E-state index contributed by atoms with van der Waals surface area (Å²) in [7, 11) is 0. The Hall–Kier alpha value is -1.30. The Labute approximate surface area is 132 Å². The van der Waals surface area contributed by atoms with Gasteiger partial charge in [0.05, 0.1) is 6.61 Å². The number of aliphatic hydroxyl groups is 1. The summed E-state index contributed by atoms with van der Waals surface area (Å²) in [5.74, 6) is 2.39. The van der Waals surface area contributed by atoms with Crippen LogP contribution in [0.4, 0.5) is 0 Å². The zero-order valence-electron chi connectivity index (χ0n) is 13.1. The lowest BCUT2D eigenvalue weighted by molar-refractivity contribution is 0.139. The molecule has 1 aromatic carbocycles. The van der Waals surface area contributed by atoms with E-state index in [0.717, 1.165) is 44.2 Å². The van der Waals surface area contributed by atoms with Crippen molar-refractivity contribution in [2.24, 2.45) is 5.92 Å². The summed E-state index contributed by atoms with van der Waals surface area (Å²) in [6, 6.07) is 6.16. The van der Waals surface area contributed by atoms with E-state index in [4.69, 9.17) is 14.6 Å². The predicted octanol–water partition coefficient (Wildman–Crippen LogP) is 1.25. The van der Waals surface area contributed by atoms with Crippen LogP contribution in [0.1, 0.15) is 18.4 Å². The highest BCUT2D eigenvalue weighted by atomic mass is 16.6. The molecule has 2 N–H and O–H groups in total. The van der Waals surface area contributed by atoms with Crippen molar-refractivity contribution in [2.75, 3.05) is 46.0 Å². The molecule has 0 saturated carbocycles. The molecule has 1 fully saturated rings. The van der Waals surface area contributed by atoms with Crippen LogP contribution in [0, 0.1) is 5.92 Å². The van der Waals surface area contributed by atoms with Crippen LogP contribution in [0.2, 0.25) is 0 Å². The highest BCUT2D eigenvalue weighted by Crippen LogP contribution is 2.30. The van der Waals surface area contributed by atoms with Crippen LogP contribution in [0.5, 0.6) is 11.5 Å². The van der Waals surface area contributed by atoms with Gasteiger partial charge in [0.25, 0.3) is 0 Å². The summed E-state index contributed by atoms with van der Waals surface area (Å²) >= 11 is 0. The number of ether oxygens (including phenoxy) is 2. The van der Waals surface area contributed by atoms with E-state index < -0.39 is 0 Å². The number of benzene rings is 1. The number of aliphatic hydroxyl groups excluding tert-OH is 1. The van der Waals surface area contributed by atoms with Gasteiger partial charge in [0.1, 0.15) is 13.2 Å². The fraction of sp³-hybridized carbons (Fsp3) is 0.647. The van der Waals surface area contributed by atoms with Gasteiger partial charge >= 0.3 is 0 Å². The van der Waals surface area contributed by atoms with E-state index in [1.807, 2.05) is 6.07 Å². The number of hydrogen-bond donors (Lipinski definition) is 2. The van der Waals surface area contributed by atoms with E-state index in [-0.39, 0.29) is 6.61 Å². The van der Waals surface area contributed by atoms with E-state index in [9.17, 15) is 0 Å². The Kier molecular flexibility index (Phi) is 5.53. The molecule has 0 aromatic heterocycles. The first-order valence-electron chi connectivity index (χ1n) is 8.27. The third kappa shape index (κ3) is 4.12. The molecule has 1 atom stereocenters. The average molecular weight is 306 g/mol. The third-order valence-corrected chi connectivity index (χ3v) is 4.39. The average Bonchev–Trinajstić information content (AvgIpc) is 2.55. The molecule has 0 bridgehead atoms. The number of piperidine rings is 1. The van der Waals surface area contributed by atoms with Crippen molar-refractivity contribution < 1.29 is 14.6 Å². The van der Waals surface area contributed by atoms with E-state index in [1.54, 1.807) is 0 Å².